The molecule has 0 bridgehead atoms. The van der Waals surface area contributed by atoms with E-state index in [9.17, 15) is 13.6 Å². The normalized spacial score (nSPS) is 10.8. The van der Waals surface area contributed by atoms with E-state index in [1.54, 1.807) is 18.7 Å². The highest BCUT2D eigenvalue weighted by atomic mass is 79.9. The van der Waals surface area contributed by atoms with Gasteiger partial charge in [0.2, 0.25) is 0 Å². The van der Waals surface area contributed by atoms with Gasteiger partial charge >= 0.3 is 6.61 Å². The molecule has 24 heavy (non-hydrogen) atoms. The van der Waals surface area contributed by atoms with Crippen molar-refractivity contribution in [2.45, 2.75) is 20.5 Å². The maximum absolute atomic E-state index is 12.4. The van der Waals surface area contributed by atoms with Gasteiger partial charge < -0.3 is 14.8 Å². The minimum Gasteiger partial charge on any atom is -0.490 e. The smallest absolute Gasteiger partial charge is 0.387 e. The molecule has 9 heteroatoms. The van der Waals surface area contributed by atoms with Crippen molar-refractivity contribution >= 4 is 27.5 Å². The molecule has 0 aliphatic heterocycles. The molecule has 0 unspecified atom stereocenters. The molecular weight excluding hydrogens is 388 g/mol. The summed E-state index contributed by atoms with van der Waals surface area (Å²) in [5.41, 5.74) is 1.40. The molecule has 2 rings (SSSR count). The van der Waals surface area contributed by atoms with Crippen LogP contribution in [0.2, 0.25) is 0 Å². The lowest BCUT2D eigenvalue weighted by molar-refractivity contribution is -0.0514. The standard InChI is InChI=1S/C15H16BrF2N3O3/c1-4-23-11-7-9(5-6-10(11)24-15(17)18)19-14(22)13-12(16)8(2)21(3)20-13/h5-7,15H,4H2,1-3H3,(H,19,22). The van der Waals surface area contributed by atoms with Crippen molar-refractivity contribution in [1.82, 2.24) is 9.78 Å². The third-order valence-electron chi connectivity index (χ3n) is 3.19. The number of benzene rings is 1. The second kappa shape index (κ2) is 7.61. The van der Waals surface area contributed by atoms with Crippen LogP contribution >= 0.6 is 15.9 Å². The Bertz CT molecular complexity index is 750. The van der Waals surface area contributed by atoms with Crippen LogP contribution in [0.4, 0.5) is 14.5 Å². The molecule has 0 fully saturated rings. The molecule has 0 aliphatic carbocycles. The second-order valence-corrected chi connectivity index (χ2v) is 5.59. The van der Waals surface area contributed by atoms with Gasteiger partial charge in [0.1, 0.15) is 0 Å². The molecule has 2 aromatic rings. The van der Waals surface area contributed by atoms with Gasteiger partial charge in [0, 0.05) is 18.8 Å². The highest BCUT2D eigenvalue weighted by molar-refractivity contribution is 9.10. The summed E-state index contributed by atoms with van der Waals surface area (Å²) in [4.78, 5) is 12.3. The Kier molecular flexibility index (Phi) is 5.76. The first kappa shape index (κ1) is 18.2. The first-order valence-corrected chi connectivity index (χ1v) is 7.84. The maximum Gasteiger partial charge on any atom is 0.387 e. The predicted molar refractivity (Wildman–Crippen MR) is 87.8 cm³/mol. The molecule has 0 saturated carbocycles. The van der Waals surface area contributed by atoms with Crippen LogP contribution in [-0.4, -0.2) is 28.9 Å². The minimum atomic E-state index is -2.96. The molecule has 1 aromatic heterocycles. The summed E-state index contributed by atoms with van der Waals surface area (Å²) in [6, 6.07) is 4.18. The number of hydrogen-bond acceptors (Lipinski definition) is 4. The van der Waals surface area contributed by atoms with Gasteiger partial charge in [-0.05, 0) is 41.9 Å². The van der Waals surface area contributed by atoms with Crippen molar-refractivity contribution in [2.24, 2.45) is 7.05 Å². The van der Waals surface area contributed by atoms with Gasteiger partial charge in [-0.2, -0.15) is 13.9 Å². The number of anilines is 1. The van der Waals surface area contributed by atoms with E-state index in [2.05, 4.69) is 31.1 Å². The van der Waals surface area contributed by atoms with Crippen LogP contribution in [0.25, 0.3) is 0 Å². The van der Waals surface area contributed by atoms with Gasteiger partial charge in [-0.25, -0.2) is 0 Å². The van der Waals surface area contributed by atoms with Crippen LogP contribution in [0, 0.1) is 6.92 Å². The summed E-state index contributed by atoms with van der Waals surface area (Å²) < 4.78 is 36.6. The van der Waals surface area contributed by atoms with E-state index in [0.717, 1.165) is 5.69 Å². The maximum atomic E-state index is 12.4. The summed E-state index contributed by atoms with van der Waals surface area (Å²) in [7, 11) is 1.72. The number of alkyl halides is 2. The number of carbonyl (C=O) groups excluding carboxylic acids is 1. The highest BCUT2D eigenvalue weighted by Gasteiger charge is 2.19. The number of carbonyl (C=O) groups is 1. The number of hydrogen-bond donors (Lipinski definition) is 1. The zero-order valence-electron chi connectivity index (χ0n) is 13.3. The molecule has 130 valence electrons. The van der Waals surface area contributed by atoms with Gasteiger partial charge in [-0.15, -0.1) is 0 Å². The van der Waals surface area contributed by atoms with Crippen LogP contribution in [0.15, 0.2) is 22.7 Å². The average molecular weight is 404 g/mol. The van der Waals surface area contributed by atoms with Gasteiger partial charge in [-0.1, -0.05) is 0 Å². The minimum absolute atomic E-state index is 0.0975. The molecule has 0 aliphatic rings. The fourth-order valence-corrected chi connectivity index (χ4v) is 2.48. The van der Waals surface area contributed by atoms with E-state index in [1.807, 2.05) is 6.92 Å². The fourth-order valence-electron chi connectivity index (χ4n) is 1.97. The SMILES string of the molecule is CCOc1cc(NC(=O)c2nn(C)c(C)c2Br)ccc1OC(F)F. The monoisotopic (exact) mass is 403 g/mol. The van der Waals surface area contributed by atoms with E-state index >= 15 is 0 Å². The molecule has 1 heterocycles. The summed E-state index contributed by atoms with van der Waals surface area (Å²) in [5, 5.41) is 6.78. The van der Waals surface area contributed by atoms with Crippen molar-refractivity contribution in [3.63, 3.8) is 0 Å². The molecule has 0 radical (unpaired) electrons. The molecule has 0 atom stereocenters. The summed E-state index contributed by atoms with van der Waals surface area (Å²) >= 11 is 3.32. The van der Waals surface area contributed by atoms with Crippen LogP contribution in [0.5, 0.6) is 11.5 Å². The van der Waals surface area contributed by atoms with Crippen LogP contribution in [0.3, 0.4) is 0 Å². The third-order valence-corrected chi connectivity index (χ3v) is 4.14. The molecular formula is C15H16BrF2N3O3. The zero-order chi connectivity index (χ0) is 17.9. The number of halogens is 3. The number of rotatable bonds is 6. The average Bonchev–Trinajstić information content (AvgIpc) is 2.77. The van der Waals surface area contributed by atoms with E-state index in [0.29, 0.717) is 10.2 Å². The summed E-state index contributed by atoms with van der Waals surface area (Å²) in [6.45, 7) is 0.835. The van der Waals surface area contributed by atoms with Gasteiger partial charge in [0.25, 0.3) is 5.91 Å². The quantitative estimate of drug-likeness (QED) is 0.797. The van der Waals surface area contributed by atoms with Crippen molar-refractivity contribution in [1.29, 1.82) is 0 Å². The molecule has 0 spiro atoms. The van der Waals surface area contributed by atoms with Crippen molar-refractivity contribution in [3.05, 3.63) is 34.1 Å². The summed E-state index contributed by atoms with van der Waals surface area (Å²) in [6.07, 6.45) is 0. The zero-order valence-corrected chi connectivity index (χ0v) is 14.9. The molecule has 6 nitrogen and oxygen atoms in total. The van der Waals surface area contributed by atoms with Crippen LogP contribution in [-0.2, 0) is 7.05 Å². The number of ether oxygens (including phenoxy) is 2. The van der Waals surface area contributed by atoms with E-state index < -0.39 is 12.5 Å². The lowest BCUT2D eigenvalue weighted by atomic mass is 10.2. The molecule has 0 saturated heterocycles. The van der Waals surface area contributed by atoms with Crippen molar-refractivity contribution < 1.29 is 23.0 Å². The Morgan fingerprint density at radius 2 is 2.12 bits per heavy atom. The molecule has 1 N–H and O–H groups in total. The lowest BCUT2D eigenvalue weighted by Gasteiger charge is -2.13. The first-order valence-electron chi connectivity index (χ1n) is 7.05. The second-order valence-electron chi connectivity index (χ2n) is 4.80. The number of aromatic nitrogens is 2. The Labute approximate surface area is 145 Å². The Balaban J connectivity index is 2.24. The third kappa shape index (κ3) is 4.02. The van der Waals surface area contributed by atoms with E-state index in [-0.39, 0.29) is 23.8 Å². The summed E-state index contributed by atoms with van der Waals surface area (Å²) in [5.74, 6) is -0.415. The van der Waals surface area contributed by atoms with Gasteiger partial charge in [0.15, 0.2) is 17.2 Å². The first-order chi connectivity index (χ1) is 11.3. The topological polar surface area (TPSA) is 65.4 Å². The van der Waals surface area contributed by atoms with E-state index in [4.69, 9.17) is 4.74 Å². The van der Waals surface area contributed by atoms with E-state index in [1.165, 1.54) is 18.2 Å². The van der Waals surface area contributed by atoms with Crippen molar-refractivity contribution in [2.75, 3.05) is 11.9 Å². The number of amides is 1. The van der Waals surface area contributed by atoms with Crippen molar-refractivity contribution in [3.8, 4) is 11.5 Å². The highest BCUT2D eigenvalue weighted by Crippen LogP contribution is 2.32. The Hall–Kier alpha value is -2.16. The number of aryl methyl sites for hydroxylation is 1. The number of nitrogens with zero attached hydrogens (tertiary/aromatic N) is 2. The Morgan fingerprint density at radius 1 is 1.42 bits per heavy atom. The molecule has 1 aromatic carbocycles. The molecule has 1 amide bonds. The largest absolute Gasteiger partial charge is 0.490 e. The Morgan fingerprint density at radius 3 is 2.67 bits per heavy atom. The van der Waals surface area contributed by atoms with Gasteiger partial charge in [-0.3, -0.25) is 9.48 Å². The van der Waals surface area contributed by atoms with Crippen LogP contribution < -0.4 is 14.8 Å². The van der Waals surface area contributed by atoms with Crippen LogP contribution in [0.1, 0.15) is 23.1 Å². The lowest BCUT2D eigenvalue weighted by Crippen LogP contribution is -2.14. The van der Waals surface area contributed by atoms with Gasteiger partial charge in [0.05, 0.1) is 16.8 Å². The number of nitrogens with one attached hydrogen (secondary N) is 1. The fraction of sp³-hybridized carbons (Fsp3) is 0.333. The predicted octanol–water partition coefficient (Wildman–Crippen LogP) is 3.74.